The third kappa shape index (κ3) is 4.87. The topological polar surface area (TPSA) is 60.2 Å². The minimum absolute atomic E-state index is 0. The lowest BCUT2D eigenvalue weighted by Crippen LogP contribution is -2.24. The number of hydrogen-bond acceptors (Lipinski definition) is 5. The van der Waals surface area contributed by atoms with Crippen LogP contribution in [0, 0.1) is 6.92 Å². The molecular weight excluding hydrogens is 325 g/mol. The van der Waals surface area contributed by atoms with E-state index in [9.17, 15) is 0 Å². The second-order valence-corrected chi connectivity index (χ2v) is 5.52. The predicted octanol–water partition coefficient (Wildman–Crippen LogP) is 3.74. The fraction of sp³-hybridized carbons (Fsp3) is 0.467. The average molecular weight is 346 g/mol. The van der Waals surface area contributed by atoms with Crippen molar-refractivity contribution in [2.24, 2.45) is 0 Å². The maximum Gasteiger partial charge on any atom is 0.267 e. The van der Waals surface area contributed by atoms with Crippen molar-refractivity contribution in [1.29, 1.82) is 0 Å². The van der Waals surface area contributed by atoms with E-state index in [0.717, 1.165) is 16.3 Å². The number of rotatable bonds is 6. The average Bonchev–Trinajstić information content (AvgIpc) is 2.91. The lowest BCUT2D eigenvalue weighted by atomic mass is 10.2. The van der Waals surface area contributed by atoms with Crippen molar-refractivity contribution in [1.82, 2.24) is 15.5 Å². The molecule has 0 aliphatic heterocycles. The number of aromatic nitrogens is 2. The molecule has 0 fully saturated rings. The first kappa shape index (κ1) is 18.7. The molecule has 0 spiro atoms. The number of halogens is 2. The number of nitrogens with zero attached hydrogens (tertiary/aromatic N) is 2. The number of aryl methyl sites for hydroxylation is 1. The Bertz CT molecular complexity index is 604. The van der Waals surface area contributed by atoms with Crippen LogP contribution in [0.3, 0.4) is 0 Å². The van der Waals surface area contributed by atoms with Crippen molar-refractivity contribution in [3.63, 3.8) is 0 Å². The molecule has 22 heavy (non-hydrogen) atoms. The van der Waals surface area contributed by atoms with Gasteiger partial charge in [-0.1, -0.05) is 16.8 Å². The normalized spacial score (nSPS) is 13.3. The summed E-state index contributed by atoms with van der Waals surface area (Å²) >= 11 is 6.00. The molecule has 1 aromatic heterocycles. The van der Waals surface area contributed by atoms with Crippen LogP contribution in [0.5, 0.6) is 5.75 Å². The molecule has 2 aromatic rings. The van der Waals surface area contributed by atoms with Crippen LogP contribution in [-0.2, 0) is 6.42 Å². The van der Waals surface area contributed by atoms with Gasteiger partial charge in [-0.15, -0.1) is 12.4 Å². The molecule has 0 bridgehead atoms. The molecule has 7 heteroatoms. The van der Waals surface area contributed by atoms with Crippen molar-refractivity contribution in [2.45, 2.75) is 39.3 Å². The summed E-state index contributed by atoms with van der Waals surface area (Å²) < 4.78 is 11.1. The number of nitrogens with one attached hydrogen (secondary N) is 1. The van der Waals surface area contributed by atoms with E-state index in [0.29, 0.717) is 24.2 Å². The molecule has 0 saturated heterocycles. The Morgan fingerprint density at radius 3 is 2.73 bits per heavy atom. The standard InChI is InChI=1S/C15H20ClN3O2.ClH/c1-9-7-12(5-6-13(9)16)20-11(3)15-18-14(19-21-15)8-10(2)17-4;/h5-7,10-11,17H,8H2,1-4H3;1H. The van der Waals surface area contributed by atoms with Crippen LogP contribution in [0.4, 0.5) is 0 Å². The second kappa shape index (κ2) is 8.36. The molecule has 5 nitrogen and oxygen atoms in total. The molecule has 1 N–H and O–H groups in total. The Morgan fingerprint density at radius 2 is 2.09 bits per heavy atom. The molecule has 0 aliphatic carbocycles. The molecule has 1 heterocycles. The minimum Gasteiger partial charge on any atom is -0.481 e. The highest BCUT2D eigenvalue weighted by molar-refractivity contribution is 6.31. The number of benzene rings is 1. The third-order valence-electron chi connectivity index (χ3n) is 3.26. The summed E-state index contributed by atoms with van der Waals surface area (Å²) in [4.78, 5) is 4.37. The first-order valence-corrected chi connectivity index (χ1v) is 7.30. The number of ether oxygens (including phenoxy) is 1. The van der Waals surface area contributed by atoms with Crippen LogP contribution in [0.15, 0.2) is 22.7 Å². The van der Waals surface area contributed by atoms with Crippen LogP contribution in [0.25, 0.3) is 0 Å². The zero-order valence-electron chi connectivity index (χ0n) is 13.1. The summed E-state index contributed by atoms with van der Waals surface area (Å²) in [6.07, 6.45) is 0.406. The van der Waals surface area contributed by atoms with Crippen LogP contribution >= 0.6 is 24.0 Å². The van der Waals surface area contributed by atoms with Crippen LogP contribution < -0.4 is 10.1 Å². The first-order chi connectivity index (χ1) is 9.99. The highest BCUT2D eigenvalue weighted by atomic mass is 35.5. The van der Waals surface area contributed by atoms with Gasteiger partial charge < -0.3 is 14.6 Å². The molecule has 2 atom stereocenters. The Morgan fingerprint density at radius 1 is 1.36 bits per heavy atom. The lowest BCUT2D eigenvalue weighted by molar-refractivity contribution is 0.175. The van der Waals surface area contributed by atoms with Crippen LogP contribution in [-0.4, -0.2) is 23.2 Å². The van der Waals surface area contributed by atoms with E-state index in [1.165, 1.54) is 0 Å². The van der Waals surface area contributed by atoms with E-state index in [4.69, 9.17) is 20.9 Å². The van der Waals surface area contributed by atoms with Crippen LogP contribution in [0.1, 0.15) is 37.2 Å². The smallest absolute Gasteiger partial charge is 0.267 e. The van der Waals surface area contributed by atoms with Crippen molar-refractivity contribution >= 4 is 24.0 Å². The van der Waals surface area contributed by atoms with Gasteiger partial charge in [0.1, 0.15) is 5.75 Å². The predicted molar refractivity (Wildman–Crippen MR) is 89.0 cm³/mol. The Kier molecular flexibility index (Phi) is 7.13. The first-order valence-electron chi connectivity index (χ1n) is 6.92. The summed E-state index contributed by atoms with van der Waals surface area (Å²) in [6, 6.07) is 5.82. The van der Waals surface area contributed by atoms with E-state index in [1.807, 2.05) is 39.1 Å². The van der Waals surface area contributed by atoms with Crippen molar-refractivity contribution in [3.8, 4) is 5.75 Å². The summed E-state index contributed by atoms with van der Waals surface area (Å²) in [5.41, 5.74) is 0.968. The summed E-state index contributed by atoms with van der Waals surface area (Å²) in [7, 11) is 1.90. The highest BCUT2D eigenvalue weighted by Crippen LogP contribution is 2.25. The van der Waals surface area contributed by atoms with Gasteiger partial charge in [-0.2, -0.15) is 4.98 Å². The molecule has 0 aliphatic rings. The summed E-state index contributed by atoms with van der Waals surface area (Å²) in [6.45, 7) is 5.87. The van der Waals surface area contributed by atoms with E-state index in [1.54, 1.807) is 0 Å². The maximum atomic E-state index is 6.00. The molecule has 0 amide bonds. The Labute approximate surface area is 141 Å². The van der Waals surface area contributed by atoms with Crippen LogP contribution in [0.2, 0.25) is 5.02 Å². The zero-order chi connectivity index (χ0) is 15.4. The molecule has 2 unspecified atom stereocenters. The van der Waals surface area contributed by atoms with E-state index >= 15 is 0 Å². The minimum atomic E-state index is -0.309. The SMILES string of the molecule is CNC(C)Cc1noc(C(C)Oc2ccc(Cl)c(C)c2)n1.Cl. The fourth-order valence-electron chi connectivity index (χ4n) is 1.84. The van der Waals surface area contributed by atoms with Gasteiger partial charge >= 0.3 is 0 Å². The summed E-state index contributed by atoms with van der Waals surface area (Å²) in [5, 5.41) is 7.83. The molecular formula is C15H21Cl2N3O2. The van der Waals surface area contributed by atoms with E-state index in [2.05, 4.69) is 22.4 Å². The molecule has 2 rings (SSSR count). The van der Waals surface area contributed by atoms with E-state index < -0.39 is 0 Å². The Balaban J connectivity index is 0.00000242. The fourth-order valence-corrected chi connectivity index (χ4v) is 1.95. The van der Waals surface area contributed by atoms with Crippen molar-refractivity contribution < 1.29 is 9.26 Å². The quantitative estimate of drug-likeness (QED) is 0.863. The zero-order valence-corrected chi connectivity index (χ0v) is 14.7. The molecule has 0 radical (unpaired) electrons. The van der Waals surface area contributed by atoms with Gasteiger partial charge in [0, 0.05) is 17.5 Å². The van der Waals surface area contributed by atoms with Crippen molar-refractivity contribution in [2.75, 3.05) is 7.05 Å². The maximum absolute atomic E-state index is 6.00. The van der Waals surface area contributed by atoms with Gasteiger partial charge in [0.25, 0.3) is 5.89 Å². The highest BCUT2D eigenvalue weighted by Gasteiger charge is 2.17. The molecule has 1 aromatic carbocycles. The van der Waals surface area contributed by atoms with Gasteiger partial charge in [-0.25, -0.2) is 0 Å². The molecule has 122 valence electrons. The van der Waals surface area contributed by atoms with Gasteiger partial charge in [0.15, 0.2) is 11.9 Å². The van der Waals surface area contributed by atoms with Crippen molar-refractivity contribution in [3.05, 3.63) is 40.5 Å². The monoisotopic (exact) mass is 345 g/mol. The number of hydrogen-bond donors (Lipinski definition) is 1. The summed E-state index contributed by atoms with van der Waals surface area (Å²) in [5.74, 6) is 1.88. The second-order valence-electron chi connectivity index (χ2n) is 5.11. The lowest BCUT2D eigenvalue weighted by Gasteiger charge is -2.11. The van der Waals surface area contributed by atoms with Gasteiger partial charge in [-0.05, 0) is 51.6 Å². The van der Waals surface area contributed by atoms with E-state index in [-0.39, 0.29) is 18.5 Å². The molecule has 0 saturated carbocycles. The van der Waals surface area contributed by atoms with Gasteiger partial charge in [-0.3, -0.25) is 0 Å². The Hall–Kier alpha value is -1.30. The number of likely N-dealkylation sites (N-methyl/N-ethyl adjacent to an activating group) is 1. The van der Waals surface area contributed by atoms with Gasteiger partial charge in [0.05, 0.1) is 0 Å². The third-order valence-corrected chi connectivity index (χ3v) is 3.68. The van der Waals surface area contributed by atoms with Gasteiger partial charge in [0.2, 0.25) is 0 Å². The largest absolute Gasteiger partial charge is 0.481 e.